The number of methoxy groups -OCH3 is 1. The van der Waals surface area contributed by atoms with Gasteiger partial charge < -0.3 is 9.26 Å². The van der Waals surface area contributed by atoms with E-state index in [0.717, 1.165) is 14.5 Å². The Balaban J connectivity index is 2.73. The fraction of sp³-hybridized carbons (Fsp3) is 0.125. The van der Waals surface area contributed by atoms with Gasteiger partial charge in [-0.2, -0.15) is 0 Å². The van der Waals surface area contributed by atoms with Gasteiger partial charge in [0.05, 0.1) is 12.5 Å². The van der Waals surface area contributed by atoms with Crippen LogP contribution in [0.25, 0.3) is 11.0 Å². The minimum Gasteiger partial charge on any atom is -0.478 e. The molecule has 0 saturated carbocycles. The normalized spacial score (nSPS) is 10.5. The Morgan fingerprint density at radius 2 is 2.33 bits per heavy atom. The summed E-state index contributed by atoms with van der Waals surface area (Å²) in [6.45, 7) is 0. The highest BCUT2D eigenvalue weighted by Crippen LogP contribution is 2.25. The van der Waals surface area contributed by atoms with Crippen molar-refractivity contribution in [2.45, 2.75) is 0 Å². The molecule has 3 nitrogen and oxygen atoms in total. The molecule has 12 heavy (non-hydrogen) atoms. The topological polar surface area (TPSA) is 35.3 Å². The van der Waals surface area contributed by atoms with E-state index in [1.54, 1.807) is 7.11 Å². The first-order valence-electron chi connectivity index (χ1n) is 3.40. The minimum absolute atomic E-state index is 0.543. The predicted octanol–water partition coefficient (Wildman–Crippen LogP) is 2.44. The van der Waals surface area contributed by atoms with Gasteiger partial charge in [-0.1, -0.05) is 0 Å². The summed E-state index contributed by atoms with van der Waals surface area (Å²) in [7, 11) is 1.58. The molecule has 0 fully saturated rings. The average molecular weight is 275 g/mol. The zero-order chi connectivity index (χ0) is 8.55. The Hall–Kier alpha value is -0.780. The van der Waals surface area contributed by atoms with Crippen LogP contribution in [-0.2, 0) is 0 Å². The third-order valence-electron chi connectivity index (χ3n) is 1.59. The smallest absolute Gasteiger partial charge is 0.261 e. The molecule has 0 N–H and O–H groups in total. The summed E-state index contributed by atoms with van der Waals surface area (Å²) >= 11 is 2.22. The van der Waals surface area contributed by atoms with Gasteiger partial charge in [-0.25, -0.2) is 0 Å². The van der Waals surface area contributed by atoms with Crippen molar-refractivity contribution in [3.8, 4) is 5.88 Å². The highest BCUT2D eigenvalue weighted by atomic mass is 127. The molecule has 0 bridgehead atoms. The maximum absolute atomic E-state index is 5.04. The van der Waals surface area contributed by atoms with Gasteiger partial charge in [0.1, 0.15) is 0 Å². The summed E-state index contributed by atoms with van der Waals surface area (Å²) in [6, 6.07) is 5.85. The molecule has 0 aliphatic carbocycles. The van der Waals surface area contributed by atoms with E-state index in [0.29, 0.717) is 5.88 Å². The first-order valence-corrected chi connectivity index (χ1v) is 4.48. The van der Waals surface area contributed by atoms with Gasteiger partial charge in [0, 0.05) is 3.57 Å². The molecule has 0 amide bonds. The molecular weight excluding hydrogens is 269 g/mol. The molecule has 0 aliphatic heterocycles. The lowest BCUT2D eigenvalue weighted by Gasteiger charge is -1.91. The molecule has 0 saturated heterocycles. The number of fused-ring (bicyclic) bond motifs is 1. The van der Waals surface area contributed by atoms with E-state index in [1.807, 2.05) is 18.2 Å². The summed E-state index contributed by atoms with van der Waals surface area (Å²) in [5, 5.41) is 4.67. The van der Waals surface area contributed by atoms with E-state index in [1.165, 1.54) is 0 Å². The maximum atomic E-state index is 5.04. The standard InChI is InChI=1S/C8H6INO2/c1-11-8-6-3-2-5(9)4-7(6)12-10-8/h2-4H,1H3. The van der Waals surface area contributed by atoms with E-state index < -0.39 is 0 Å². The lowest BCUT2D eigenvalue weighted by molar-refractivity contribution is 0.350. The molecule has 0 spiro atoms. The second kappa shape index (κ2) is 2.93. The van der Waals surface area contributed by atoms with Crippen LogP contribution in [-0.4, -0.2) is 12.3 Å². The van der Waals surface area contributed by atoms with Crippen molar-refractivity contribution in [1.29, 1.82) is 0 Å². The van der Waals surface area contributed by atoms with Gasteiger partial charge in [-0.05, 0) is 45.9 Å². The molecular formula is C8H6INO2. The molecule has 1 aromatic heterocycles. The van der Waals surface area contributed by atoms with Crippen molar-refractivity contribution in [1.82, 2.24) is 5.16 Å². The van der Waals surface area contributed by atoms with Crippen molar-refractivity contribution < 1.29 is 9.26 Å². The van der Waals surface area contributed by atoms with Gasteiger partial charge in [0.15, 0.2) is 5.58 Å². The number of rotatable bonds is 1. The Labute approximate surface area is 82.8 Å². The number of aromatic nitrogens is 1. The molecule has 0 unspecified atom stereocenters. The monoisotopic (exact) mass is 275 g/mol. The molecule has 1 heterocycles. The molecule has 2 aromatic rings. The van der Waals surface area contributed by atoms with Crippen LogP contribution in [0.15, 0.2) is 22.7 Å². The first kappa shape index (κ1) is 7.85. The molecule has 0 radical (unpaired) electrons. The number of benzene rings is 1. The average Bonchev–Trinajstić information content (AvgIpc) is 2.46. The fourth-order valence-corrected chi connectivity index (χ4v) is 1.50. The lowest BCUT2D eigenvalue weighted by atomic mass is 10.3. The summed E-state index contributed by atoms with van der Waals surface area (Å²) in [4.78, 5) is 0. The Morgan fingerprint density at radius 3 is 3.08 bits per heavy atom. The van der Waals surface area contributed by atoms with Crippen LogP contribution in [0.2, 0.25) is 0 Å². The van der Waals surface area contributed by atoms with Crippen molar-refractivity contribution in [3.63, 3.8) is 0 Å². The SMILES string of the molecule is COc1noc2cc(I)ccc12. The van der Waals surface area contributed by atoms with Crippen molar-refractivity contribution in [2.75, 3.05) is 7.11 Å². The van der Waals surface area contributed by atoms with Crippen LogP contribution in [0.5, 0.6) is 5.88 Å². The zero-order valence-corrected chi connectivity index (χ0v) is 8.53. The number of hydrogen-bond acceptors (Lipinski definition) is 3. The highest BCUT2D eigenvalue weighted by molar-refractivity contribution is 14.1. The van der Waals surface area contributed by atoms with E-state index in [4.69, 9.17) is 9.26 Å². The summed E-state index contributed by atoms with van der Waals surface area (Å²) < 4.78 is 11.2. The number of nitrogens with zero attached hydrogens (tertiary/aromatic N) is 1. The Kier molecular flexibility index (Phi) is 1.92. The third kappa shape index (κ3) is 1.16. The number of hydrogen-bond donors (Lipinski definition) is 0. The van der Waals surface area contributed by atoms with Crippen LogP contribution in [0.3, 0.4) is 0 Å². The first-order chi connectivity index (χ1) is 5.81. The second-order valence-electron chi connectivity index (χ2n) is 2.33. The Morgan fingerprint density at radius 1 is 1.50 bits per heavy atom. The maximum Gasteiger partial charge on any atom is 0.261 e. The van der Waals surface area contributed by atoms with Gasteiger partial charge in [-0.15, -0.1) is 0 Å². The molecule has 2 rings (SSSR count). The summed E-state index contributed by atoms with van der Waals surface area (Å²) in [5.74, 6) is 0.543. The third-order valence-corrected chi connectivity index (χ3v) is 2.27. The highest BCUT2D eigenvalue weighted by Gasteiger charge is 2.06. The van der Waals surface area contributed by atoms with Crippen molar-refractivity contribution >= 4 is 33.6 Å². The number of halogens is 1. The summed E-state index contributed by atoms with van der Waals surface area (Å²) in [5.41, 5.74) is 0.763. The molecule has 62 valence electrons. The second-order valence-corrected chi connectivity index (χ2v) is 3.58. The van der Waals surface area contributed by atoms with E-state index in [2.05, 4.69) is 27.7 Å². The van der Waals surface area contributed by atoms with Crippen LogP contribution < -0.4 is 4.74 Å². The molecule has 4 heteroatoms. The van der Waals surface area contributed by atoms with Crippen molar-refractivity contribution in [2.24, 2.45) is 0 Å². The van der Waals surface area contributed by atoms with Gasteiger partial charge in [0.25, 0.3) is 5.88 Å². The lowest BCUT2D eigenvalue weighted by Crippen LogP contribution is -1.81. The van der Waals surface area contributed by atoms with Gasteiger partial charge in [-0.3, -0.25) is 0 Å². The van der Waals surface area contributed by atoms with Crippen LogP contribution in [0, 0.1) is 3.57 Å². The van der Waals surface area contributed by atoms with Gasteiger partial charge >= 0.3 is 0 Å². The Bertz CT molecular complexity index is 410. The van der Waals surface area contributed by atoms with Gasteiger partial charge in [0.2, 0.25) is 0 Å². The quantitative estimate of drug-likeness (QED) is 0.750. The van der Waals surface area contributed by atoms with Crippen LogP contribution in [0.4, 0.5) is 0 Å². The van der Waals surface area contributed by atoms with E-state index >= 15 is 0 Å². The van der Waals surface area contributed by atoms with Crippen LogP contribution >= 0.6 is 22.6 Å². The minimum atomic E-state index is 0.543. The molecule has 1 aromatic carbocycles. The number of ether oxygens (including phenoxy) is 1. The van der Waals surface area contributed by atoms with Crippen molar-refractivity contribution in [3.05, 3.63) is 21.8 Å². The predicted molar refractivity (Wildman–Crippen MR) is 53.3 cm³/mol. The summed E-state index contributed by atoms with van der Waals surface area (Å²) in [6.07, 6.45) is 0. The molecule has 0 atom stereocenters. The van der Waals surface area contributed by atoms with E-state index in [-0.39, 0.29) is 0 Å². The van der Waals surface area contributed by atoms with Crippen LogP contribution in [0.1, 0.15) is 0 Å². The zero-order valence-electron chi connectivity index (χ0n) is 6.37. The molecule has 0 aliphatic rings. The van der Waals surface area contributed by atoms with E-state index in [9.17, 15) is 0 Å². The largest absolute Gasteiger partial charge is 0.478 e. The fourth-order valence-electron chi connectivity index (χ4n) is 1.04.